The molecule has 2 heterocycles. The topological polar surface area (TPSA) is 67.4 Å². The maximum atomic E-state index is 12.5. The van der Waals surface area contributed by atoms with Gasteiger partial charge in [-0.2, -0.15) is 0 Å². The van der Waals surface area contributed by atoms with Crippen molar-refractivity contribution in [2.75, 3.05) is 29.9 Å². The van der Waals surface area contributed by atoms with Gasteiger partial charge in [0.25, 0.3) is 5.91 Å². The lowest BCUT2D eigenvalue weighted by atomic mass is 9.99. The van der Waals surface area contributed by atoms with Gasteiger partial charge >= 0.3 is 0 Å². The van der Waals surface area contributed by atoms with Gasteiger partial charge in [0.2, 0.25) is 0 Å². The Labute approximate surface area is 212 Å². The van der Waals surface area contributed by atoms with Crippen molar-refractivity contribution in [1.29, 1.82) is 0 Å². The predicted molar refractivity (Wildman–Crippen MR) is 144 cm³/mol. The van der Waals surface area contributed by atoms with E-state index < -0.39 is 0 Å². The number of aromatic nitrogens is 2. The molecular formula is C30H30N4O2. The Morgan fingerprint density at radius 1 is 0.861 bits per heavy atom. The summed E-state index contributed by atoms with van der Waals surface area (Å²) < 4.78 is 5.68. The van der Waals surface area contributed by atoms with Crippen molar-refractivity contribution in [3.63, 3.8) is 0 Å². The number of ether oxygens (including phenoxy) is 1. The van der Waals surface area contributed by atoms with Crippen molar-refractivity contribution < 1.29 is 9.53 Å². The van der Waals surface area contributed by atoms with Crippen LogP contribution in [0.15, 0.2) is 91.0 Å². The van der Waals surface area contributed by atoms with E-state index in [4.69, 9.17) is 4.74 Å². The summed E-state index contributed by atoms with van der Waals surface area (Å²) in [5, 5.41) is 11.8. The maximum absolute atomic E-state index is 12.5. The number of amides is 1. The second-order valence-electron chi connectivity index (χ2n) is 9.25. The van der Waals surface area contributed by atoms with Crippen molar-refractivity contribution >= 4 is 17.4 Å². The number of nitrogens with zero attached hydrogens (tertiary/aromatic N) is 3. The van der Waals surface area contributed by atoms with Crippen molar-refractivity contribution in [1.82, 2.24) is 10.2 Å². The first-order chi connectivity index (χ1) is 17.6. The van der Waals surface area contributed by atoms with Gasteiger partial charge in [0.1, 0.15) is 5.75 Å². The monoisotopic (exact) mass is 478 g/mol. The van der Waals surface area contributed by atoms with E-state index in [1.54, 1.807) is 0 Å². The predicted octanol–water partition coefficient (Wildman–Crippen LogP) is 6.06. The third-order valence-electron chi connectivity index (χ3n) is 6.53. The van der Waals surface area contributed by atoms with Crippen LogP contribution in [-0.4, -0.2) is 35.8 Å². The molecule has 0 atom stereocenters. The summed E-state index contributed by atoms with van der Waals surface area (Å²) in [6.07, 6.45) is 2.38. The van der Waals surface area contributed by atoms with E-state index in [1.807, 2.05) is 78.9 Å². The zero-order valence-electron chi connectivity index (χ0n) is 20.4. The summed E-state index contributed by atoms with van der Waals surface area (Å²) >= 11 is 0. The minimum absolute atomic E-state index is 0.0716. The molecule has 1 aliphatic heterocycles. The van der Waals surface area contributed by atoms with Gasteiger partial charge in [0, 0.05) is 24.3 Å². The number of nitrogens with one attached hydrogen (secondary N) is 1. The van der Waals surface area contributed by atoms with E-state index in [1.165, 1.54) is 12.8 Å². The van der Waals surface area contributed by atoms with Gasteiger partial charge in [0.15, 0.2) is 12.4 Å². The highest BCUT2D eigenvalue weighted by Gasteiger charge is 2.17. The number of rotatable bonds is 7. The Bertz CT molecular complexity index is 1280. The molecule has 4 aromatic rings. The molecule has 3 aromatic carbocycles. The Kier molecular flexibility index (Phi) is 7.22. The van der Waals surface area contributed by atoms with Gasteiger partial charge in [0.05, 0.1) is 5.69 Å². The smallest absolute Gasteiger partial charge is 0.262 e. The van der Waals surface area contributed by atoms with E-state index in [2.05, 4.69) is 39.5 Å². The molecule has 5 rings (SSSR count). The van der Waals surface area contributed by atoms with Crippen molar-refractivity contribution in [2.45, 2.75) is 19.8 Å². The molecule has 1 aromatic heterocycles. The summed E-state index contributed by atoms with van der Waals surface area (Å²) in [5.74, 6) is 2.12. The molecule has 6 heteroatoms. The first-order valence-corrected chi connectivity index (χ1v) is 12.4. The van der Waals surface area contributed by atoms with Crippen molar-refractivity contribution in [3.8, 4) is 28.1 Å². The lowest BCUT2D eigenvalue weighted by Gasteiger charge is -2.30. The molecule has 1 aliphatic rings. The molecule has 6 nitrogen and oxygen atoms in total. The molecule has 1 saturated heterocycles. The van der Waals surface area contributed by atoms with Gasteiger partial charge in [-0.3, -0.25) is 4.79 Å². The van der Waals surface area contributed by atoms with Crippen LogP contribution in [0, 0.1) is 5.92 Å². The molecular weight excluding hydrogens is 448 g/mol. The molecule has 182 valence electrons. The number of carbonyl (C=O) groups is 1. The molecule has 1 amide bonds. The highest BCUT2D eigenvalue weighted by molar-refractivity contribution is 5.92. The molecule has 0 aliphatic carbocycles. The van der Waals surface area contributed by atoms with E-state index in [-0.39, 0.29) is 12.5 Å². The van der Waals surface area contributed by atoms with Gasteiger partial charge in [-0.25, -0.2) is 0 Å². The lowest BCUT2D eigenvalue weighted by Crippen LogP contribution is -2.33. The fourth-order valence-electron chi connectivity index (χ4n) is 4.36. The summed E-state index contributed by atoms with van der Waals surface area (Å²) in [6.45, 7) is 4.27. The van der Waals surface area contributed by atoms with Gasteiger partial charge in [-0.1, -0.05) is 61.5 Å². The SMILES string of the molecule is CC1CCN(c2ccc(-c3cccc(NC(=O)COc4ccc(-c5ccccc5)cc4)c3)nn2)CC1. The molecule has 36 heavy (non-hydrogen) atoms. The Morgan fingerprint density at radius 3 is 2.31 bits per heavy atom. The van der Waals surface area contributed by atoms with Gasteiger partial charge in [-0.05, 0) is 66.3 Å². The van der Waals surface area contributed by atoms with E-state index in [0.29, 0.717) is 11.4 Å². The van der Waals surface area contributed by atoms with Gasteiger partial charge < -0.3 is 15.0 Å². The normalized spacial score (nSPS) is 13.9. The van der Waals surface area contributed by atoms with Crippen LogP contribution in [-0.2, 0) is 4.79 Å². The fourth-order valence-corrected chi connectivity index (χ4v) is 4.36. The van der Waals surface area contributed by atoms with Gasteiger partial charge in [-0.15, -0.1) is 10.2 Å². The number of hydrogen-bond donors (Lipinski definition) is 1. The van der Waals surface area contributed by atoms with Crippen LogP contribution in [0.3, 0.4) is 0 Å². The van der Waals surface area contributed by atoms with Crippen molar-refractivity contribution in [3.05, 3.63) is 91.0 Å². The Hall–Kier alpha value is -4.19. The molecule has 1 N–H and O–H groups in total. The summed E-state index contributed by atoms with van der Waals surface area (Å²) in [7, 11) is 0. The molecule has 0 radical (unpaired) electrons. The van der Waals surface area contributed by atoms with Crippen LogP contribution in [0.5, 0.6) is 5.75 Å². The average Bonchev–Trinajstić information content (AvgIpc) is 2.93. The molecule has 0 unspecified atom stereocenters. The lowest BCUT2D eigenvalue weighted by molar-refractivity contribution is -0.118. The van der Waals surface area contributed by atoms with Crippen LogP contribution in [0.4, 0.5) is 11.5 Å². The van der Waals surface area contributed by atoms with E-state index in [0.717, 1.165) is 47.2 Å². The van der Waals surface area contributed by atoms with E-state index >= 15 is 0 Å². The summed E-state index contributed by atoms with van der Waals surface area (Å²) in [6, 6.07) is 29.5. The number of piperidine rings is 1. The van der Waals surface area contributed by atoms with Crippen LogP contribution in [0.2, 0.25) is 0 Å². The second kappa shape index (κ2) is 11.0. The highest BCUT2D eigenvalue weighted by Crippen LogP contribution is 2.25. The highest BCUT2D eigenvalue weighted by atomic mass is 16.5. The third kappa shape index (κ3) is 5.89. The fraction of sp³-hybridized carbons (Fsp3) is 0.233. The largest absolute Gasteiger partial charge is 0.484 e. The standard InChI is InChI=1S/C30H30N4O2/c1-22-16-18-34(19-17-22)29-15-14-28(32-33-29)25-8-5-9-26(20-25)31-30(35)21-36-27-12-10-24(11-13-27)23-6-3-2-4-7-23/h2-15,20,22H,16-19,21H2,1H3,(H,31,35). The van der Waals surface area contributed by atoms with E-state index in [9.17, 15) is 4.79 Å². The number of carbonyl (C=O) groups excluding carboxylic acids is 1. The van der Waals surface area contributed by atoms with Crippen LogP contribution < -0.4 is 15.0 Å². The summed E-state index contributed by atoms with van der Waals surface area (Å²) in [4.78, 5) is 14.8. The minimum Gasteiger partial charge on any atom is -0.484 e. The first kappa shape index (κ1) is 23.5. The zero-order valence-corrected chi connectivity index (χ0v) is 20.4. The van der Waals surface area contributed by atoms with Crippen LogP contribution >= 0.6 is 0 Å². The zero-order chi connectivity index (χ0) is 24.7. The van der Waals surface area contributed by atoms with Crippen LogP contribution in [0.25, 0.3) is 22.4 Å². The first-order valence-electron chi connectivity index (χ1n) is 12.4. The minimum atomic E-state index is -0.222. The average molecular weight is 479 g/mol. The number of hydrogen-bond acceptors (Lipinski definition) is 5. The number of benzene rings is 3. The molecule has 0 saturated carbocycles. The Balaban J connectivity index is 1.16. The quantitative estimate of drug-likeness (QED) is 0.349. The molecule has 0 spiro atoms. The molecule has 0 bridgehead atoms. The van der Waals surface area contributed by atoms with Crippen LogP contribution in [0.1, 0.15) is 19.8 Å². The maximum Gasteiger partial charge on any atom is 0.262 e. The summed E-state index contributed by atoms with van der Waals surface area (Å²) in [5.41, 5.74) is 4.61. The van der Waals surface area contributed by atoms with Crippen molar-refractivity contribution in [2.24, 2.45) is 5.92 Å². The second-order valence-corrected chi connectivity index (χ2v) is 9.25. The Morgan fingerprint density at radius 2 is 1.58 bits per heavy atom. The third-order valence-corrected chi connectivity index (χ3v) is 6.53. The molecule has 1 fully saturated rings. The number of anilines is 2.